The van der Waals surface area contributed by atoms with Crippen LogP contribution in [-0.4, -0.2) is 45.0 Å². The van der Waals surface area contributed by atoms with Crippen molar-refractivity contribution in [3.63, 3.8) is 0 Å². The van der Waals surface area contributed by atoms with Crippen LogP contribution in [0, 0.1) is 12.8 Å². The molecular formula is C34H42N4. The maximum absolute atomic E-state index is 4.43. The highest BCUT2D eigenvalue weighted by molar-refractivity contribution is 5.85. The van der Waals surface area contributed by atoms with E-state index in [2.05, 4.69) is 93.1 Å². The molecule has 0 radical (unpaired) electrons. The number of aromatic nitrogens is 2. The largest absolute Gasteiger partial charge is 0.316 e. The SMILES string of the molecule is Cc1cccc(-n2cc(CN(Cc3cccnc3)CC3CCCN(C4CCCCC4)C3)c3ccccc32)c1. The molecule has 1 atom stereocenters. The Morgan fingerprint density at radius 2 is 1.79 bits per heavy atom. The number of hydrogen-bond donors (Lipinski definition) is 0. The lowest BCUT2D eigenvalue weighted by atomic mass is 9.90. The zero-order chi connectivity index (χ0) is 25.7. The zero-order valence-electron chi connectivity index (χ0n) is 22.9. The summed E-state index contributed by atoms with van der Waals surface area (Å²) in [6, 6.07) is 22.9. The summed E-state index contributed by atoms with van der Waals surface area (Å²) < 4.78 is 2.38. The molecule has 2 fully saturated rings. The molecular weight excluding hydrogens is 464 g/mol. The van der Waals surface area contributed by atoms with Gasteiger partial charge in [0.15, 0.2) is 0 Å². The maximum Gasteiger partial charge on any atom is 0.0531 e. The van der Waals surface area contributed by atoms with E-state index in [-0.39, 0.29) is 0 Å². The smallest absolute Gasteiger partial charge is 0.0531 e. The summed E-state index contributed by atoms with van der Waals surface area (Å²) in [6.07, 6.45) is 16.1. The molecule has 6 rings (SSSR count). The van der Waals surface area contributed by atoms with Gasteiger partial charge in [-0.05, 0) is 86.0 Å². The Balaban J connectivity index is 1.26. The van der Waals surface area contributed by atoms with Crippen molar-refractivity contribution in [2.45, 2.75) is 71.0 Å². The van der Waals surface area contributed by atoms with Gasteiger partial charge in [-0.1, -0.05) is 55.7 Å². The van der Waals surface area contributed by atoms with E-state index in [0.717, 1.165) is 31.6 Å². The lowest BCUT2D eigenvalue weighted by Gasteiger charge is -2.41. The van der Waals surface area contributed by atoms with E-state index in [0.29, 0.717) is 0 Å². The molecule has 2 aliphatic rings. The first-order valence-electron chi connectivity index (χ1n) is 14.7. The summed E-state index contributed by atoms with van der Waals surface area (Å²) >= 11 is 0. The number of hydrogen-bond acceptors (Lipinski definition) is 3. The normalized spacial score (nSPS) is 19.4. The Morgan fingerprint density at radius 3 is 2.63 bits per heavy atom. The van der Waals surface area contributed by atoms with E-state index < -0.39 is 0 Å². The minimum absolute atomic E-state index is 0.729. The van der Waals surface area contributed by atoms with Crippen LogP contribution in [-0.2, 0) is 13.1 Å². The van der Waals surface area contributed by atoms with E-state index in [1.54, 1.807) is 0 Å². The second-order valence-electron chi connectivity index (χ2n) is 11.7. The highest BCUT2D eigenvalue weighted by Crippen LogP contribution is 2.30. The molecule has 1 aliphatic heterocycles. The predicted molar refractivity (Wildman–Crippen MR) is 158 cm³/mol. The minimum Gasteiger partial charge on any atom is -0.316 e. The third-order valence-corrected chi connectivity index (χ3v) is 8.76. The molecule has 1 aliphatic carbocycles. The van der Waals surface area contributed by atoms with Crippen molar-refractivity contribution >= 4 is 10.9 Å². The average Bonchev–Trinajstić information content (AvgIpc) is 3.32. The first-order valence-corrected chi connectivity index (χ1v) is 14.7. The fourth-order valence-corrected chi connectivity index (χ4v) is 6.93. The molecule has 0 bridgehead atoms. The number of benzene rings is 2. The van der Waals surface area contributed by atoms with Gasteiger partial charge in [-0.25, -0.2) is 0 Å². The lowest BCUT2D eigenvalue weighted by molar-refractivity contribution is 0.0772. The number of para-hydroxylation sites is 1. The first-order chi connectivity index (χ1) is 18.7. The number of likely N-dealkylation sites (tertiary alicyclic amines) is 1. The van der Waals surface area contributed by atoms with Crippen LogP contribution in [0.5, 0.6) is 0 Å². The van der Waals surface area contributed by atoms with Gasteiger partial charge in [0.2, 0.25) is 0 Å². The van der Waals surface area contributed by atoms with Gasteiger partial charge in [-0.2, -0.15) is 0 Å². The molecule has 3 heterocycles. The molecule has 198 valence electrons. The summed E-state index contributed by atoms with van der Waals surface area (Å²) in [5.74, 6) is 0.729. The number of fused-ring (bicyclic) bond motifs is 1. The average molecular weight is 507 g/mol. The maximum atomic E-state index is 4.43. The predicted octanol–water partition coefficient (Wildman–Crippen LogP) is 7.38. The van der Waals surface area contributed by atoms with Crippen molar-refractivity contribution in [3.05, 3.63) is 95.9 Å². The van der Waals surface area contributed by atoms with E-state index in [9.17, 15) is 0 Å². The quantitative estimate of drug-likeness (QED) is 0.249. The van der Waals surface area contributed by atoms with E-state index in [4.69, 9.17) is 0 Å². The minimum atomic E-state index is 0.729. The van der Waals surface area contributed by atoms with E-state index in [1.807, 2.05) is 12.4 Å². The van der Waals surface area contributed by atoms with Gasteiger partial charge in [0.25, 0.3) is 0 Å². The van der Waals surface area contributed by atoms with Crippen LogP contribution in [0.3, 0.4) is 0 Å². The molecule has 0 amide bonds. The van der Waals surface area contributed by atoms with Crippen molar-refractivity contribution in [3.8, 4) is 5.69 Å². The number of piperidine rings is 1. The first kappa shape index (κ1) is 25.3. The molecule has 4 aromatic rings. The third-order valence-electron chi connectivity index (χ3n) is 8.76. The summed E-state index contributed by atoms with van der Waals surface area (Å²) in [4.78, 5) is 9.96. The fraction of sp³-hybridized carbons (Fsp3) is 0.441. The molecule has 1 saturated heterocycles. The Kier molecular flexibility index (Phi) is 7.89. The molecule has 1 unspecified atom stereocenters. The molecule has 0 N–H and O–H groups in total. The van der Waals surface area contributed by atoms with E-state index >= 15 is 0 Å². The topological polar surface area (TPSA) is 24.3 Å². The summed E-state index contributed by atoms with van der Waals surface area (Å²) in [5, 5.41) is 1.36. The van der Waals surface area contributed by atoms with Crippen molar-refractivity contribution in [2.75, 3.05) is 19.6 Å². The summed E-state index contributed by atoms with van der Waals surface area (Å²) in [7, 11) is 0. The number of pyridine rings is 1. The van der Waals surface area contributed by atoms with Gasteiger partial charge in [0.1, 0.15) is 0 Å². The van der Waals surface area contributed by atoms with Crippen LogP contribution in [0.1, 0.15) is 61.6 Å². The highest BCUT2D eigenvalue weighted by Gasteiger charge is 2.28. The molecule has 2 aromatic heterocycles. The fourth-order valence-electron chi connectivity index (χ4n) is 6.93. The third kappa shape index (κ3) is 5.87. The molecule has 4 heteroatoms. The zero-order valence-corrected chi connectivity index (χ0v) is 22.9. The molecule has 2 aromatic carbocycles. The van der Waals surface area contributed by atoms with Crippen LogP contribution < -0.4 is 0 Å². The molecule has 0 spiro atoms. The van der Waals surface area contributed by atoms with Gasteiger partial charge in [0, 0.05) is 61.9 Å². The number of aryl methyl sites for hydroxylation is 1. The van der Waals surface area contributed by atoms with Gasteiger partial charge >= 0.3 is 0 Å². The van der Waals surface area contributed by atoms with Crippen LogP contribution >= 0.6 is 0 Å². The molecule has 4 nitrogen and oxygen atoms in total. The van der Waals surface area contributed by atoms with Crippen LogP contribution in [0.15, 0.2) is 79.3 Å². The Hall–Kier alpha value is -2.95. The van der Waals surface area contributed by atoms with Crippen molar-refractivity contribution in [1.82, 2.24) is 19.4 Å². The van der Waals surface area contributed by atoms with Gasteiger partial charge < -0.3 is 9.47 Å². The number of nitrogens with zero attached hydrogens (tertiary/aromatic N) is 4. The monoisotopic (exact) mass is 506 g/mol. The molecule has 1 saturated carbocycles. The Bertz CT molecular complexity index is 1320. The van der Waals surface area contributed by atoms with Crippen LogP contribution in [0.4, 0.5) is 0 Å². The second kappa shape index (κ2) is 11.8. The van der Waals surface area contributed by atoms with E-state index in [1.165, 1.54) is 91.3 Å². The summed E-state index contributed by atoms with van der Waals surface area (Å²) in [5.41, 5.74) is 6.53. The van der Waals surface area contributed by atoms with Gasteiger partial charge in [-0.15, -0.1) is 0 Å². The molecule has 38 heavy (non-hydrogen) atoms. The van der Waals surface area contributed by atoms with Crippen LogP contribution in [0.2, 0.25) is 0 Å². The van der Waals surface area contributed by atoms with Crippen molar-refractivity contribution in [1.29, 1.82) is 0 Å². The number of rotatable bonds is 8. The summed E-state index contributed by atoms with van der Waals surface area (Å²) in [6.45, 7) is 7.77. The van der Waals surface area contributed by atoms with Crippen molar-refractivity contribution < 1.29 is 0 Å². The van der Waals surface area contributed by atoms with Gasteiger partial charge in [0.05, 0.1) is 5.52 Å². The van der Waals surface area contributed by atoms with Crippen LogP contribution in [0.25, 0.3) is 16.6 Å². The lowest BCUT2D eigenvalue weighted by Crippen LogP contribution is -2.46. The second-order valence-corrected chi connectivity index (χ2v) is 11.7. The standard InChI is InChI=1S/C34H42N4/c1-27-10-7-15-32(20-27)38-26-30(33-16-5-6-17-34(33)38)25-36(22-28-11-8-18-35-21-28)23-29-12-9-19-37(24-29)31-13-3-2-4-14-31/h5-8,10-11,15-18,20-21,26,29,31H,2-4,9,12-14,19,22-25H2,1H3. The van der Waals surface area contributed by atoms with Gasteiger partial charge in [-0.3, -0.25) is 9.88 Å². The van der Waals surface area contributed by atoms with Crippen molar-refractivity contribution in [2.24, 2.45) is 5.92 Å². The highest BCUT2D eigenvalue weighted by atomic mass is 15.2. The Labute approximate surface area is 228 Å². The Morgan fingerprint density at radius 1 is 0.895 bits per heavy atom.